The molecule has 0 unspecified atom stereocenters. The Morgan fingerprint density at radius 1 is 1.04 bits per heavy atom. The van der Waals surface area contributed by atoms with E-state index in [1.807, 2.05) is 32.0 Å². The van der Waals surface area contributed by atoms with E-state index in [4.69, 9.17) is 9.47 Å². The van der Waals surface area contributed by atoms with Crippen LogP contribution in [0.4, 0.5) is 5.69 Å². The Morgan fingerprint density at radius 2 is 1.79 bits per heavy atom. The third-order valence-corrected chi connectivity index (χ3v) is 4.12. The molecular formula is C19H23BrN2O2. The van der Waals surface area contributed by atoms with Crippen LogP contribution in [-0.4, -0.2) is 19.4 Å². The zero-order valence-electron chi connectivity index (χ0n) is 14.5. The van der Waals surface area contributed by atoms with Crippen LogP contribution >= 0.6 is 15.9 Å². The van der Waals surface area contributed by atoms with Crippen molar-refractivity contribution in [2.24, 2.45) is 5.10 Å². The molecule has 0 atom stereocenters. The third kappa shape index (κ3) is 4.74. The Labute approximate surface area is 152 Å². The lowest BCUT2D eigenvalue weighted by atomic mass is 10.1. The van der Waals surface area contributed by atoms with Crippen molar-refractivity contribution >= 4 is 27.8 Å². The van der Waals surface area contributed by atoms with Gasteiger partial charge < -0.3 is 9.47 Å². The summed E-state index contributed by atoms with van der Waals surface area (Å²) in [4.78, 5) is 0. The minimum absolute atomic E-state index is 0.577. The first-order chi connectivity index (χ1) is 11.5. The molecule has 0 radical (unpaired) electrons. The molecule has 24 heavy (non-hydrogen) atoms. The topological polar surface area (TPSA) is 42.8 Å². The van der Waals surface area contributed by atoms with Gasteiger partial charge in [0.2, 0.25) is 0 Å². The Morgan fingerprint density at radius 3 is 2.46 bits per heavy atom. The lowest BCUT2D eigenvalue weighted by molar-refractivity contribution is 0.286. The van der Waals surface area contributed by atoms with Crippen molar-refractivity contribution in [2.45, 2.75) is 27.7 Å². The molecule has 0 aliphatic carbocycles. The molecule has 128 valence electrons. The second-order valence-electron chi connectivity index (χ2n) is 5.37. The van der Waals surface area contributed by atoms with E-state index < -0.39 is 0 Å². The quantitative estimate of drug-likeness (QED) is 0.514. The standard InChI is InChI=1S/C19H23BrN2O2/c1-5-23-18-11-15(10-17(20)19(18)24-6-2)12-21-22-16-8-7-13(3)14(4)9-16/h7-12,22H,5-6H2,1-4H3/b21-12+. The molecule has 1 N–H and O–H groups in total. The van der Waals surface area contributed by atoms with Crippen molar-refractivity contribution in [2.75, 3.05) is 18.6 Å². The van der Waals surface area contributed by atoms with E-state index in [2.05, 4.69) is 52.4 Å². The SMILES string of the molecule is CCOc1cc(/C=N/Nc2ccc(C)c(C)c2)cc(Br)c1OCC. The molecule has 2 aromatic carbocycles. The maximum absolute atomic E-state index is 5.67. The van der Waals surface area contributed by atoms with Gasteiger partial charge in [-0.2, -0.15) is 5.10 Å². The molecule has 0 aliphatic rings. The van der Waals surface area contributed by atoms with E-state index >= 15 is 0 Å². The Balaban J connectivity index is 2.17. The van der Waals surface area contributed by atoms with Crippen LogP contribution in [0.2, 0.25) is 0 Å². The van der Waals surface area contributed by atoms with E-state index in [0.29, 0.717) is 19.0 Å². The average Bonchev–Trinajstić information content (AvgIpc) is 2.54. The highest BCUT2D eigenvalue weighted by Gasteiger charge is 2.11. The van der Waals surface area contributed by atoms with E-state index in [9.17, 15) is 0 Å². The molecule has 0 spiro atoms. The van der Waals surface area contributed by atoms with Gasteiger partial charge in [-0.05, 0) is 84.6 Å². The van der Waals surface area contributed by atoms with Crippen molar-refractivity contribution in [1.29, 1.82) is 0 Å². The first-order valence-electron chi connectivity index (χ1n) is 8.00. The summed E-state index contributed by atoms with van der Waals surface area (Å²) in [6, 6.07) is 10.0. The predicted octanol–water partition coefficient (Wildman–Crippen LogP) is 5.31. The van der Waals surface area contributed by atoms with Gasteiger partial charge in [0.25, 0.3) is 0 Å². The van der Waals surface area contributed by atoms with E-state index in [1.165, 1.54) is 11.1 Å². The van der Waals surface area contributed by atoms with Crippen LogP contribution in [0.15, 0.2) is 39.9 Å². The summed E-state index contributed by atoms with van der Waals surface area (Å²) in [5.41, 5.74) is 7.44. The fourth-order valence-electron chi connectivity index (χ4n) is 2.20. The summed E-state index contributed by atoms with van der Waals surface area (Å²) < 4.78 is 12.2. The largest absolute Gasteiger partial charge is 0.490 e. The van der Waals surface area contributed by atoms with Gasteiger partial charge in [0.1, 0.15) is 0 Å². The van der Waals surface area contributed by atoms with Gasteiger partial charge in [0.15, 0.2) is 11.5 Å². The van der Waals surface area contributed by atoms with Gasteiger partial charge in [0, 0.05) is 0 Å². The lowest BCUT2D eigenvalue weighted by Crippen LogP contribution is -2.00. The number of rotatable bonds is 7. The smallest absolute Gasteiger partial charge is 0.175 e. The molecule has 2 rings (SSSR count). The van der Waals surface area contributed by atoms with Gasteiger partial charge in [-0.15, -0.1) is 0 Å². The third-order valence-electron chi connectivity index (χ3n) is 3.53. The first-order valence-corrected chi connectivity index (χ1v) is 8.80. The van der Waals surface area contributed by atoms with E-state index in [1.54, 1.807) is 6.21 Å². The predicted molar refractivity (Wildman–Crippen MR) is 104 cm³/mol. The van der Waals surface area contributed by atoms with Gasteiger partial charge in [-0.1, -0.05) is 6.07 Å². The Hall–Kier alpha value is -2.01. The number of benzene rings is 2. The van der Waals surface area contributed by atoms with Crippen molar-refractivity contribution in [1.82, 2.24) is 0 Å². The number of hydrazone groups is 1. The zero-order valence-corrected chi connectivity index (χ0v) is 16.1. The molecule has 0 saturated heterocycles. The number of ether oxygens (including phenoxy) is 2. The van der Waals surface area contributed by atoms with Crippen molar-refractivity contribution in [3.63, 3.8) is 0 Å². The highest BCUT2D eigenvalue weighted by Crippen LogP contribution is 2.36. The minimum Gasteiger partial charge on any atom is -0.490 e. The summed E-state index contributed by atoms with van der Waals surface area (Å²) in [7, 11) is 0. The van der Waals surface area contributed by atoms with Crippen LogP contribution in [0.25, 0.3) is 0 Å². The molecule has 0 saturated carbocycles. The van der Waals surface area contributed by atoms with Crippen LogP contribution in [0.5, 0.6) is 11.5 Å². The summed E-state index contributed by atoms with van der Waals surface area (Å²) in [5, 5.41) is 4.31. The van der Waals surface area contributed by atoms with Crippen LogP contribution in [0, 0.1) is 13.8 Å². The average molecular weight is 391 g/mol. The highest BCUT2D eigenvalue weighted by atomic mass is 79.9. The van der Waals surface area contributed by atoms with Gasteiger partial charge in [0.05, 0.1) is 29.6 Å². The van der Waals surface area contributed by atoms with Crippen LogP contribution in [-0.2, 0) is 0 Å². The molecule has 0 bridgehead atoms. The summed E-state index contributed by atoms with van der Waals surface area (Å²) in [5.74, 6) is 1.43. The lowest BCUT2D eigenvalue weighted by Gasteiger charge is -2.13. The molecule has 0 amide bonds. The van der Waals surface area contributed by atoms with Crippen LogP contribution in [0.3, 0.4) is 0 Å². The van der Waals surface area contributed by atoms with Crippen molar-refractivity contribution in [3.05, 3.63) is 51.5 Å². The molecule has 0 fully saturated rings. The Kier molecular flexibility index (Phi) is 6.67. The van der Waals surface area contributed by atoms with Gasteiger partial charge in [-0.25, -0.2) is 0 Å². The normalized spacial score (nSPS) is 10.9. The number of hydrogen-bond donors (Lipinski definition) is 1. The molecule has 5 heteroatoms. The highest BCUT2D eigenvalue weighted by molar-refractivity contribution is 9.10. The molecule has 2 aromatic rings. The summed E-state index contributed by atoms with van der Waals surface area (Å²) in [6.45, 7) is 9.24. The summed E-state index contributed by atoms with van der Waals surface area (Å²) in [6.07, 6.45) is 1.76. The molecule has 4 nitrogen and oxygen atoms in total. The molecular weight excluding hydrogens is 368 g/mol. The van der Waals surface area contributed by atoms with Crippen LogP contribution < -0.4 is 14.9 Å². The second-order valence-corrected chi connectivity index (χ2v) is 6.22. The number of halogens is 1. The van der Waals surface area contributed by atoms with Crippen molar-refractivity contribution < 1.29 is 9.47 Å². The number of nitrogens with one attached hydrogen (secondary N) is 1. The fraction of sp³-hybridized carbons (Fsp3) is 0.316. The summed E-state index contributed by atoms with van der Waals surface area (Å²) >= 11 is 3.54. The zero-order chi connectivity index (χ0) is 17.5. The maximum Gasteiger partial charge on any atom is 0.175 e. The number of nitrogens with zero attached hydrogens (tertiary/aromatic N) is 1. The number of aryl methyl sites for hydroxylation is 2. The van der Waals surface area contributed by atoms with E-state index in [0.717, 1.165) is 21.5 Å². The van der Waals surface area contributed by atoms with Crippen LogP contribution in [0.1, 0.15) is 30.5 Å². The second kappa shape index (κ2) is 8.73. The van der Waals surface area contributed by atoms with E-state index in [-0.39, 0.29) is 0 Å². The fourth-order valence-corrected chi connectivity index (χ4v) is 2.78. The molecule has 0 heterocycles. The van der Waals surface area contributed by atoms with Crippen molar-refractivity contribution in [3.8, 4) is 11.5 Å². The Bertz CT molecular complexity index is 730. The van der Waals surface area contributed by atoms with Gasteiger partial charge in [-0.3, -0.25) is 5.43 Å². The van der Waals surface area contributed by atoms with Gasteiger partial charge >= 0.3 is 0 Å². The maximum atomic E-state index is 5.67. The monoisotopic (exact) mass is 390 g/mol. The first kappa shape index (κ1) is 18.3. The molecule has 0 aromatic heterocycles. The molecule has 0 aliphatic heterocycles. The number of anilines is 1. The minimum atomic E-state index is 0.577. The number of hydrogen-bond acceptors (Lipinski definition) is 4.